The van der Waals surface area contributed by atoms with E-state index >= 15 is 0 Å². The number of ether oxygens (including phenoxy) is 1. The third-order valence-electron chi connectivity index (χ3n) is 6.36. The summed E-state index contributed by atoms with van der Waals surface area (Å²) in [7, 11) is 1.87. The van der Waals surface area contributed by atoms with Crippen LogP contribution >= 0.6 is 24.0 Å². The number of guanidine groups is 1. The average molecular weight is 530 g/mol. The van der Waals surface area contributed by atoms with Gasteiger partial charge in [0.25, 0.3) is 0 Å². The van der Waals surface area contributed by atoms with Gasteiger partial charge in [-0.2, -0.15) is 0 Å². The van der Waals surface area contributed by atoms with Gasteiger partial charge in [0.2, 0.25) is 0 Å². The summed E-state index contributed by atoms with van der Waals surface area (Å²) in [5.74, 6) is 0.917. The predicted molar refractivity (Wildman–Crippen MR) is 136 cm³/mol. The van der Waals surface area contributed by atoms with Crippen LogP contribution in [0.2, 0.25) is 0 Å². The second kappa shape index (κ2) is 12.2. The van der Waals surface area contributed by atoms with Crippen molar-refractivity contribution in [2.75, 3.05) is 46.4 Å². The van der Waals surface area contributed by atoms with E-state index in [-0.39, 0.29) is 29.5 Å². The molecule has 2 fully saturated rings. The van der Waals surface area contributed by atoms with E-state index in [9.17, 15) is 0 Å². The molecule has 2 heterocycles. The molecule has 6 nitrogen and oxygen atoms in total. The molecular formula is C23H40IN5O. The number of nitrogens with one attached hydrogen (secondary N) is 2. The van der Waals surface area contributed by atoms with Crippen molar-refractivity contribution in [1.29, 1.82) is 0 Å². The summed E-state index contributed by atoms with van der Waals surface area (Å²) >= 11 is 0. The highest BCUT2D eigenvalue weighted by Gasteiger charge is 2.29. The van der Waals surface area contributed by atoms with Crippen molar-refractivity contribution >= 4 is 29.9 Å². The number of benzene rings is 1. The molecule has 2 aliphatic rings. The van der Waals surface area contributed by atoms with Gasteiger partial charge in [-0.15, -0.1) is 24.0 Å². The first-order valence-corrected chi connectivity index (χ1v) is 11.1. The van der Waals surface area contributed by atoms with Crippen molar-refractivity contribution in [3.63, 3.8) is 0 Å². The second-order valence-electron chi connectivity index (χ2n) is 9.01. The summed E-state index contributed by atoms with van der Waals surface area (Å²) in [6.45, 7) is 13.6. The molecule has 0 amide bonds. The van der Waals surface area contributed by atoms with E-state index in [0.29, 0.717) is 12.1 Å². The van der Waals surface area contributed by atoms with Crippen LogP contribution in [0.5, 0.6) is 0 Å². The number of hydrogen-bond acceptors (Lipinski definition) is 4. The second-order valence-corrected chi connectivity index (χ2v) is 9.01. The molecule has 0 aromatic heterocycles. The third-order valence-corrected chi connectivity index (χ3v) is 6.36. The number of likely N-dealkylation sites (tertiary alicyclic amines) is 1. The molecule has 0 bridgehead atoms. The maximum atomic E-state index is 5.50. The molecule has 2 saturated heterocycles. The van der Waals surface area contributed by atoms with Gasteiger partial charge >= 0.3 is 0 Å². The molecular weight excluding hydrogens is 489 g/mol. The summed E-state index contributed by atoms with van der Waals surface area (Å²) in [6.07, 6.45) is 2.28. The Labute approximate surface area is 199 Å². The molecule has 1 aromatic carbocycles. The number of hydrogen-bond donors (Lipinski definition) is 2. The molecule has 2 N–H and O–H groups in total. The summed E-state index contributed by atoms with van der Waals surface area (Å²) in [4.78, 5) is 9.57. The fraction of sp³-hybridized carbons (Fsp3) is 0.696. The van der Waals surface area contributed by atoms with Gasteiger partial charge in [-0.05, 0) is 39.2 Å². The molecule has 30 heavy (non-hydrogen) atoms. The van der Waals surface area contributed by atoms with E-state index in [0.717, 1.165) is 64.7 Å². The zero-order valence-corrected chi connectivity index (χ0v) is 21.4. The summed E-state index contributed by atoms with van der Waals surface area (Å²) in [6, 6.07) is 11.8. The van der Waals surface area contributed by atoms with Crippen molar-refractivity contribution in [1.82, 2.24) is 20.4 Å². The van der Waals surface area contributed by atoms with Crippen LogP contribution < -0.4 is 10.6 Å². The van der Waals surface area contributed by atoms with Gasteiger partial charge in [-0.25, -0.2) is 0 Å². The summed E-state index contributed by atoms with van der Waals surface area (Å²) < 4.78 is 5.50. The fourth-order valence-corrected chi connectivity index (χ4v) is 4.37. The molecule has 0 saturated carbocycles. The molecule has 3 rings (SSSR count). The van der Waals surface area contributed by atoms with E-state index < -0.39 is 0 Å². The molecule has 170 valence electrons. The first-order valence-electron chi connectivity index (χ1n) is 11.1. The lowest BCUT2D eigenvalue weighted by molar-refractivity contribution is -0.00836. The minimum absolute atomic E-state index is 0. The topological polar surface area (TPSA) is 52.1 Å². The van der Waals surface area contributed by atoms with E-state index in [1.807, 2.05) is 7.05 Å². The maximum absolute atomic E-state index is 5.50. The summed E-state index contributed by atoms with van der Waals surface area (Å²) in [5, 5.41) is 7.23. The van der Waals surface area contributed by atoms with Crippen LogP contribution in [0.15, 0.2) is 35.3 Å². The number of halogens is 1. The Kier molecular flexibility index (Phi) is 10.3. The zero-order chi connectivity index (χ0) is 20.7. The largest absolute Gasteiger partial charge is 0.379 e. The zero-order valence-electron chi connectivity index (χ0n) is 19.1. The Hall–Kier alpha value is -0.900. The number of aliphatic imine (C=N–C) groups is 1. The van der Waals surface area contributed by atoms with Gasteiger partial charge in [0.05, 0.1) is 13.2 Å². The minimum atomic E-state index is 0. The first-order chi connectivity index (χ1) is 14.0. The summed E-state index contributed by atoms with van der Waals surface area (Å²) in [5.41, 5.74) is 1.47. The molecule has 2 unspecified atom stereocenters. The molecule has 0 spiro atoms. The Balaban J connectivity index is 0.00000320. The van der Waals surface area contributed by atoms with Gasteiger partial charge in [-0.1, -0.05) is 30.3 Å². The van der Waals surface area contributed by atoms with Gasteiger partial charge in [-0.3, -0.25) is 14.8 Å². The van der Waals surface area contributed by atoms with Crippen LogP contribution in [0.1, 0.15) is 39.2 Å². The number of morpholine rings is 1. The van der Waals surface area contributed by atoms with Crippen molar-refractivity contribution in [2.45, 2.75) is 57.8 Å². The smallest absolute Gasteiger partial charge is 0.191 e. The third kappa shape index (κ3) is 7.35. The highest BCUT2D eigenvalue weighted by atomic mass is 127. The lowest BCUT2D eigenvalue weighted by Crippen LogP contribution is -2.58. The normalized spacial score (nSPS) is 24.2. The number of nitrogens with zero attached hydrogens (tertiary/aromatic N) is 3. The van der Waals surface area contributed by atoms with Gasteiger partial charge in [0.1, 0.15) is 0 Å². The molecule has 0 radical (unpaired) electrons. The van der Waals surface area contributed by atoms with Gasteiger partial charge < -0.3 is 15.4 Å². The highest BCUT2D eigenvalue weighted by molar-refractivity contribution is 14.0. The quantitative estimate of drug-likeness (QED) is 0.337. The lowest BCUT2D eigenvalue weighted by Gasteiger charge is -2.41. The minimum Gasteiger partial charge on any atom is -0.379 e. The Morgan fingerprint density at radius 2 is 1.87 bits per heavy atom. The molecule has 0 aliphatic carbocycles. The molecule has 2 atom stereocenters. The average Bonchev–Trinajstić information content (AvgIpc) is 2.74. The maximum Gasteiger partial charge on any atom is 0.191 e. The fourth-order valence-electron chi connectivity index (χ4n) is 4.37. The Morgan fingerprint density at radius 1 is 1.17 bits per heavy atom. The lowest BCUT2D eigenvalue weighted by atomic mass is 9.97. The molecule has 1 aromatic rings. The Morgan fingerprint density at radius 3 is 2.50 bits per heavy atom. The van der Waals surface area contributed by atoms with Crippen molar-refractivity contribution < 1.29 is 4.74 Å². The van der Waals surface area contributed by atoms with Crippen LogP contribution in [-0.2, 0) is 11.3 Å². The van der Waals surface area contributed by atoms with Crippen LogP contribution in [0.3, 0.4) is 0 Å². The molecule has 2 aliphatic heterocycles. The van der Waals surface area contributed by atoms with E-state index in [1.54, 1.807) is 0 Å². The Bertz CT molecular complexity index is 648. The number of rotatable bonds is 6. The van der Waals surface area contributed by atoms with Gasteiger partial charge in [0, 0.05) is 57.4 Å². The standard InChI is InChI=1S/C23H39N5O.HI/c1-19-16-21(10-11-27(19)17-20-8-6-5-7-9-20)26-22(24-4)25-18-23(2,3)28-12-14-29-15-13-28;/h5-9,19,21H,10-18H2,1-4H3,(H2,24,25,26);1H. The van der Waals surface area contributed by atoms with Gasteiger partial charge in [0.15, 0.2) is 5.96 Å². The van der Waals surface area contributed by atoms with E-state index in [2.05, 4.69) is 76.5 Å². The monoisotopic (exact) mass is 529 g/mol. The first kappa shape index (κ1) is 25.4. The predicted octanol–water partition coefficient (Wildman–Crippen LogP) is 2.93. The van der Waals surface area contributed by atoms with Crippen LogP contribution in [-0.4, -0.2) is 79.8 Å². The SMILES string of the molecule is CN=C(NCC(C)(C)N1CCOCC1)NC1CCN(Cc2ccccc2)C(C)C1.I. The number of piperidine rings is 1. The van der Waals surface area contributed by atoms with Crippen LogP contribution in [0.4, 0.5) is 0 Å². The van der Waals surface area contributed by atoms with Crippen LogP contribution in [0, 0.1) is 0 Å². The molecule has 7 heteroatoms. The van der Waals surface area contributed by atoms with Crippen molar-refractivity contribution in [2.24, 2.45) is 4.99 Å². The van der Waals surface area contributed by atoms with Crippen molar-refractivity contribution in [3.8, 4) is 0 Å². The van der Waals surface area contributed by atoms with Crippen molar-refractivity contribution in [3.05, 3.63) is 35.9 Å². The van der Waals surface area contributed by atoms with Crippen LogP contribution in [0.25, 0.3) is 0 Å². The highest BCUT2D eigenvalue weighted by Crippen LogP contribution is 2.20. The van der Waals surface area contributed by atoms with E-state index in [1.165, 1.54) is 5.56 Å². The van der Waals surface area contributed by atoms with E-state index in [4.69, 9.17) is 4.74 Å².